The SMILES string of the molecule is CCn1cc(C(=O)N2C3CCCC2COC3)c(=O)c2cc(OC3Cc4ccccc4C3)ncc21. The average molecular weight is 460 g/mol. The van der Waals surface area contributed by atoms with Crippen LogP contribution in [-0.4, -0.2) is 51.8 Å². The van der Waals surface area contributed by atoms with Gasteiger partial charge in [0.15, 0.2) is 0 Å². The molecule has 3 aromatic rings. The molecule has 2 unspecified atom stereocenters. The van der Waals surface area contributed by atoms with Crippen molar-refractivity contribution in [3.05, 3.63) is 69.6 Å². The number of carbonyl (C=O) groups is 1. The molecule has 2 fully saturated rings. The molecular formula is C27H29N3O4. The lowest BCUT2D eigenvalue weighted by atomic mass is 9.93. The number of benzene rings is 1. The lowest BCUT2D eigenvalue weighted by molar-refractivity contribution is -0.0566. The normalized spacial score (nSPS) is 22.1. The van der Waals surface area contributed by atoms with Crippen molar-refractivity contribution in [2.45, 2.75) is 63.8 Å². The van der Waals surface area contributed by atoms with Gasteiger partial charge in [0, 0.05) is 31.6 Å². The smallest absolute Gasteiger partial charge is 0.260 e. The number of aromatic nitrogens is 2. The number of morpholine rings is 1. The summed E-state index contributed by atoms with van der Waals surface area (Å²) in [6.07, 6.45) is 7.97. The van der Waals surface area contributed by atoms with Crippen LogP contribution in [0.15, 0.2) is 47.5 Å². The first-order chi connectivity index (χ1) is 16.6. The van der Waals surface area contributed by atoms with E-state index >= 15 is 0 Å². The number of hydrogen-bond acceptors (Lipinski definition) is 5. The minimum Gasteiger partial charge on any atom is -0.474 e. The molecule has 4 heterocycles. The standard InChI is InChI=1S/C27H29N3O4/c1-2-29-14-23(27(32)30-19-8-5-9-20(30)16-33-15-19)26(31)22-12-25(28-13-24(22)29)34-21-10-17-6-3-4-7-18(17)11-21/h3-4,6-7,12-14,19-21H,2,5,8-11,15-16H2,1H3. The molecule has 2 bridgehead atoms. The van der Waals surface area contributed by atoms with E-state index in [1.54, 1.807) is 18.5 Å². The van der Waals surface area contributed by atoms with Gasteiger partial charge < -0.3 is 18.9 Å². The zero-order valence-corrected chi connectivity index (χ0v) is 19.4. The third-order valence-corrected chi connectivity index (χ3v) is 7.53. The molecule has 7 nitrogen and oxygen atoms in total. The lowest BCUT2D eigenvalue weighted by Gasteiger charge is -2.45. The van der Waals surface area contributed by atoms with Crippen molar-refractivity contribution in [3.63, 3.8) is 0 Å². The van der Waals surface area contributed by atoms with Gasteiger partial charge in [-0.05, 0) is 37.3 Å². The number of carbonyl (C=O) groups excluding carboxylic acids is 1. The number of ether oxygens (including phenoxy) is 2. The second-order valence-electron chi connectivity index (χ2n) is 9.60. The van der Waals surface area contributed by atoms with E-state index in [0.717, 1.165) is 32.1 Å². The summed E-state index contributed by atoms with van der Waals surface area (Å²) in [5.41, 5.74) is 3.28. The largest absolute Gasteiger partial charge is 0.474 e. The summed E-state index contributed by atoms with van der Waals surface area (Å²) in [6, 6.07) is 10.2. The van der Waals surface area contributed by atoms with Crippen molar-refractivity contribution >= 4 is 16.8 Å². The zero-order valence-electron chi connectivity index (χ0n) is 19.4. The van der Waals surface area contributed by atoms with E-state index in [-0.39, 0.29) is 35.1 Å². The molecule has 2 atom stereocenters. The van der Waals surface area contributed by atoms with Crippen molar-refractivity contribution in [1.29, 1.82) is 0 Å². The number of hydrogen-bond donors (Lipinski definition) is 0. The summed E-state index contributed by atoms with van der Waals surface area (Å²) >= 11 is 0. The van der Waals surface area contributed by atoms with E-state index in [2.05, 4.69) is 17.1 Å². The van der Waals surface area contributed by atoms with Crippen molar-refractivity contribution in [3.8, 4) is 5.88 Å². The molecule has 2 aliphatic heterocycles. The van der Waals surface area contributed by atoms with Crippen LogP contribution < -0.4 is 10.2 Å². The quantitative estimate of drug-likeness (QED) is 0.598. The lowest BCUT2D eigenvalue weighted by Crippen LogP contribution is -2.57. The molecule has 1 amide bonds. The van der Waals surface area contributed by atoms with Gasteiger partial charge in [0.05, 0.1) is 42.4 Å². The van der Waals surface area contributed by atoms with Crippen LogP contribution in [0.2, 0.25) is 0 Å². The van der Waals surface area contributed by atoms with Crippen LogP contribution >= 0.6 is 0 Å². The summed E-state index contributed by atoms with van der Waals surface area (Å²) in [5, 5.41) is 0.478. The van der Waals surface area contributed by atoms with Crippen LogP contribution in [-0.2, 0) is 24.1 Å². The zero-order chi connectivity index (χ0) is 23.2. The highest BCUT2D eigenvalue weighted by Gasteiger charge is 2.39. The van der Waals surface area contributed by atoms with Crippen LogP contribution in [0.4, 0.5) is 0 Å². The van der Waals surface area contributed by atoms with Crippen LogP contribution in [0, 0.1) is 0 Å². The van der Waals surface area contributed by atoms with Crippen LogP contribution in [0.5, 0.6) is 5.88 Å². The third-order valence-electron chi connectivity index (χ3n) is 7.53. The first kappa shape index (κ1) is 21.4. The van der Waals surface area contributed by atoms with Gasteiger partial charge in [0.1, 0.15) is 11.7 Å². The molecular weight excluding hydrogens is 430 g/mol. The second kappa shape index (κ2) is 8.55. The maximum Gasteiger partial charge on any atom is 0.260 e. The fourth-order valence-electron chi connectivity index (χ4n) is 5.82. The molecule has 34 heavy (non-hydrogen) atoms. The molecule has 3 aliphatic rings. The molecule has 1 aromatic carbocycles. The van der Waals surface area contributed by atoms with Gasteiger partial charge >= 0.3 is 0 Å². The van der Waals surface area contributed by atoms with Gasteiger partial charge in [-0.1, -0.05) is 24.3 Å². The number of nitrogens with zero attached hydrogens (tertiary/aromatic N) is 3. The Balaban J connectivity index is 1.34. The van der Waals surface area contributed by atoms with Gasteiger partial charge in [-0.2, -0.15) is 0 Å². The average Bonchev–Trinajstić information content (AvgIpc) is 3.26. The third kappa shape index (κ3) is 3.59. The molecule has 0 spiro atoms. The topological polar surface area (TPSA) is 73.7 Å². The number of amides is 1. The molecule has 176 valence electrons. The highest BCUT2D eigenvalue weighted by atomic mass is 16.5. The number of rotatable bonds is 4. The first-order valence-electron chi connectivity index (χ1n) is 12.3. The van der Waals surface area contributed by atoms with Crippen LogP contribution in [0.1, 0.15) is 47.7 Å². The molecule has 2 aromatic heterocycles. The highest BCUT2D eigenvalue weighted by Crippen LogP contribution is 2.30. The molecule has 6 rings (SSSR count). The predicted octanol–water partition coefficient (Wildman–Crippen LogP) is 3.36. The fraction of sp³-hybridized carbons (Fsp3) is 0.444. The van der Waals surface area contributed by atoms with Crippen LogP contribution in [0.25, 0.3) is 10.9 Å². The minimum absolute atomic E-state index is 0.00621. The van der Waals surface area contributed by atoms with E-state index in [9.17, 15) is 9.59 Å². The predicted molar refractivity (Wildman–Crippen MR) is 128 cm³/mol. The number of fused-ring (bicyclic) bond motifs is 4. The van der Waals surface area contributed by atoms with Gasteiger partial charge in [-0.3, -0.25) is 9.59 Å². The summed E-state index contributed by atoms with van der Waals surface area (Å²) < 4.78 is 13.8. The van der Waals surface area contributed by atoms with Gasteiger partial charge in [0.2, 0.25) is 11.3 Å². The van der Waals surface area contributed by atoms with E-state index < -0.39 is 0 Å². The molecule has 0 radical (unpaired) electrons. The Hall–Kier alpha value is -3.19. The summed E-state index contributed by atoms with van der Waals surface area (Å²) in [4.78, 5) is 33.6. The Morgan fingerprint density at radius 2 is 1.85 bits per heavy atom. The number of piperidine rings is 1. The Labute approximate surface area is 198 Å². The summed E-state index contributed by atoms with van der Waals surface area (Å²) in [5.74, 6) is 0.246. The molecule has 7 heteroatoms. The summed E-state index contributed by atoms with van der Waals surface area (Å²) in [6.45, 7) is 3.72. The number of pyridine rings is 2. The van der Waals surface area contributed by atoms with Gasteiger partial charge in [-0.25, -0.2) is 4.98 Å². The molecule has 2 saturated heterocycles. The first-order valence-corrected chi connectivity index (χ1v) is 12.3. The molecule has 0 saturated carbocycles. The summed E-state index contributed by atoms with van der Waals surface area (Å²) in [7, 11) is 0. The van der Waals surface area contributed by atoms with Gasteiger partial charge in [0.25, 0.3) is 5.91 Å². The fourth-order valence-corrected chi connectivity index (χ4v) is 5.82. The molecule has 1 aliphatic carbocycles. The van der Waals surface area contributed by atoms with E-state index in [1.807, 2.05) is 28.5 Å². The van der Waals surface area contributed by atoms with Gasteiger partial charge in [-0.15, -0.1) is 0 Å². The minimum atomic E-state index is -0.253. The molecule has 0 N–H and O–H groups in total. The maximum absolute atomic E-state index is 13.6. The van der Waals surface area contributed by atoms with Crippen molar-refractivity contribution in [1.82, 2.24) is 14.5 Å². The Morgan fingerprint density at radius 3 is 2.53 bits per heavy atom. The Morgan fingerprint density at radius 1 is 1.15 bits per heavy atom. The van der Waals surface area contributed by atoms with Crippen molar-refractivity contribution in [2.75, 3.05) is 13.2 Å². The highest BCUT2D eigenvalue weighted by molar-refractivity contribution is 5.97. The second-order valence-corrected chi connectivity index (χ2v) is 9.60. The van der Waals surface area contributed by atoms with E-state index in [1.165, 1.54) is 11.1 Å². The monoisotopic (exact) mass is 459 g/mol. The van der Waals surface area contributed by atoms with Crippen molar-refractivity contribution in [2.24, 2.45) is 0 Å². The van der Waals surface area contributed by atoms with E-state index in [0.29, 0.717) is 36.5 Å². The Bertz CT molecular complexity index is 1270. The number of aryl methyl sites for hydroxylation is 1. The Kier molecular flexibility index (Phi) is 5.37. The maximum atomic E-state index is 13.6. The van der Waals surface area contributed by atoms with E-state index in [4.69, 9.17) is 9.47 Å². The van der Waals surface area contributed by atoms with Crippen LogP contribution in [0.3, 0.4) is 0 Å². The van der Waals surface area contributed by atoms with Crippen molar-refractivity contribution < 1.29 is 14.3 Å².